The average Bonchev–Trinajstić information content (AvgIpc) is 3.65. The maximum atomic E-state index is 13.6. The van der Waals surface area contributed by atoms with E-state index in [1.165, 1.54) is 15.5 Å². The monoisotopic (exact) mass is 815 g/mol. The quantitative estimate of drug-likeness (QED) is 0.0916. The van der Waals surface area contributed by atoms with Crippen LogP contribution in [-0.2, 0) is 20.7 Å². The van der Waals surface area contributed by atoms with Crippen molar-refractivity contribution < 1.29 is 34.1 Å². The highest BCUT2D eigenvalue weighted by molar-refractivity contribution is 5.99. The zero-order chi connectivity index (χ0) is 43.3. The molecule has 2 unspecified atom stereocenters. The van der Waals surface area contributed by atoms with Gasteiger partial charge in [-0.3, -0.25) is 19.0 Å². The molecule has 1 aliphatic heterocycles. The van der Waals surface area contributed by atoms with Crippen LogP contribution in [0.25, 0.3) is 10.9 Å². The van der Waals surface area contributed by atoms with Gasteiger partial charge in [0.25, 0.3) is 5.91 Å². The van der Waals surface area contributed by atoms with Crippen LogP contribution >= 0.6 is 0 Å². The molecule has 0 spiro atoms. The summed E-state index contributed by atoms with van der Waals surface area (Å²) < 4.78 is 6.84. The van der Waals surface area contributed by atoms with Gasteiger partial charge < -0.3 is 47.3 Å². The Morgan fingerprint density at radius 1 is 0.949 bits per heavy atom. The predicted molar refractivity (Wildman–Crippen MR) is 223 cm³/mol. The van der Waals surface area contributed by atoms with Crippen molar-refractivity contribution in [2.75, 3.05) is 25.4 Å². The van der Waals surface area contributed by atoms with Crippen molar-refractivity contribution in [3.63, 3.8) is 0 Å². The van der Waals surface area contributed by atoms with Crippen LogP contribution in [0.5, 0.6) is 0 Å². The lowest BCUT2D eigenvalue weighted by molar-refractivity contribution is -0.128. The number of aromatic nitrogens is 3. The van der Waals surface area contributed by atoms with Crippen molar-refractivity contribution in [1.29, 1.82) is 0 Å². The van der Waals surface area contributed by atoms with Crippen LogP contribution in [0.3, 0.4) is 0 Å². The van der Waals surface area contributed by atoms with E-state index in [2.05, 4.69) is 25.9 Å². The molecule has 4 aromatic rings. The molecule has 2 aromatic carbocycles. The molecule has 1 aliphatic rings. The third kappa shape index (κ3) is 14.5. The largest absolute Gasteiger partial charge is 0.394 e. The summed E-state index contributed by atoms with van der Waals surface area (Å²) >= 11 is 0. The summed E-state index contributed by atoms with van der Waals surface area (Å²) in [5.74, 6) is -1.83. The molecule has 3 heterocycles. The Morgan fingerprint density at radius 2 is 1.64 bits per heavy atom. The van der Waals surface area contributed by atoms with Gasteiger partial charge in [0.05, 0.1) is 43.3 Å². The molecule has 0 radical (unpaired) electrons. The SMILES string of the molecule is CC(C)CN(C[C@@H](O)[C@H](Cc1ccccc1)NC(=O)[C@H](CC(N)=O)NC(=O)c1ccc2ccccc2n1)C(=O)NC(C)(C)C.Nc1ccn(C2CCC(CO)O2)c(=O)n1. The smallest absolute Gasteiger partial charge is 0.351 e. The van der Waals surface area contributed by atoms with E-state index in [1.54, 1.807) is 30.5 Å². The highest BCUT2D eigenvalue weighted by Crippen LogP contribution is 2.26. The van der Waals surface area contributed by atoms with Gasteiger partial charge in [0, 0.05) is 23.7 Å². The van der Waals surface area contributed by atoms with E-state index >= 15 is 0 Å². The third-order valence-electron chi connectivity index (χ3n) is 9.16. The number of anilines is 1. The molecule has 2 aromatic heterocycles. The van der Waals surface area contributed by atoms with E-state index in [1.807, 2.05) is 77.1 Å². The molecule has 17 nitrogen and oxygen atoms in total. The molecule has 5 amide bonds. The molecular weight excluding hydrogens is 759 g/mol. The lowest BCUT2D eigenvalue weighted by Gasteiger charge is -2.34. The number of aliphatic hydroxyl groups excluding tert-OH is 2. The number of hydrogen-bond donors (Lipinski definition) is 7. The summed E-state index contributed by atoms with van der Waals surface area (Å²) in [6, 6.07) is 18.8. The number of nitrogens with one attached hydrogen (secondary N) is 3. The lowest BCUT2D eigenvalue weighted by Crippen LogP contribution is -2.57. The van der Waals surface area contributed by atoms with Crippen LogP contribution in [0.1, 0.15) is 76.2 Å². The normalized spacial score (nSPS) is 16.6. The van der Waals surface area contributed by atoms with E-state index in [0.717, 1.165) is 17.4 Å². The number of amides is 5. The maximum Gasteiger partial charge on any atom is 0.351 e. The topological polar surface area (TPSA) is 257 Å². The van der Waals surface area contributed by atoms with E-state index < -0.39 is 53.6 Å². The summed E-state index contributed by atoms with van der Waals surface area (Å²) in [4.78, 5) is 72.7. The van der Waals surface area contributed by atoms with Gasteiger partial charge in [-0.2, -0.15) is 4.98 Å². The second-order valence-electron chi connectivity index (χ2n) is 16.0. The minimum Gasteiger partial charge on any atom is -0.394 e. The Hall–Kier alpha value is -5.91. The minimum absolute atomic E-state index is 0.0202. The highest BCUT2D eigenvalue weighted by atomic mass is 16.5. The van der Waals surface area contributed by atoms with Crippen LogP contribution in [-0.4, -0.2) is 103 Å². The van der Waals surface area contributed by atoms with Gasteiger partial charge in [0.15, 0.2) is 0 Å². The Labute approximate surface area is 343 Å². The van der Waals surface area contributed by atoms with Gasteiger partial charge in [-0.1, -0.05) is 68.4 Å². The number of para-hydroxylation sites is 1. The van der Waals surface area contributed by atoms with E-state index in [9.17, 15) is 29.1 Å². The predicted octanol–water partition coefficient (Wildman–Crippen LogP) is 2.26. The second kappa shape index (κ2) is 21.2. The standard InChI is InChI=1S/C33H44N6O5.C9H13N3O3/c1-21(2)19-39(32(44)38-33(3,4)5)20-28(40)26(17-22-11-7-6-8-12-22)36-31(43)27(18-29(34)41)37-30(42)25-16-15-23-13-9-10-14-24(23)35-25;10-7-3-4-12(9(14)11-7)8-2-1-6(5-13)15-8/h6-16,21,26-28,40H,17-20H2,1-5H3,(H2,34,41)(H,36,43)(H,37,42)(H,38,44);3-4,6,8,13H,1-2,5H2,(H2,10,11,14)/t26-,27-,28+;/m0./s1. The molecule has 318 valence electrons. The molecule has 17 heteroatoms. The fourth-order valence-corrected chi connectivity index (χ4v) is 6.37. The van der Waals surface area contributed by atoms with Crippen molar-refractivity contribution in [3.05, 3.63) is 101 Å². The number of benzene rings is 2. The van der Waals surface area contributed by atoms with Gasteiger partial charge in [-0.15, -0.1) is 0 Å². The Kier molecular flexibility index (Phi) is 16.5. The zero-order valence-electron chi connectivity index (χ0n) is 34.2. The molecule has 5 atom stereocenters. The molecule has 5 rings (SSSR count). The van der Waals surface area contributed by atoms with Gasteiger partial charge in [-0.05, 0) is 69.7 Å². The summed E-state index contributed by atoms with van der Waals surface area (Å²) in [6.07, 6.45) is 1.09. The molecule has 9 N–H and O–H groups in total. The van der Waals surface area contributed by atoms with Gasteiger partial charge >= 0.3 is 11.7 Å². The fraction of sp³-hybridized carbons (Fsp3) is 0.452. The third-order valence-corrected chi connectivity index (χ3v) is 9.16. The van der Waals surface area contributed by atoms with Crippen LogP contribution in [0, 0.1) is 5.92 Å². The van der Waals surface area contributed by atoms with E-state index in [0.29, 0.717) is 18.5 Å². The van der Waals surface area contributed by atoms with Crippen molar-refractivity contribution >= 4 is 40.5 Å². The lowest BCUT2D eigenvalue weighted by atomic mass is 9.99. The number of primary amides is 1. The first kappa shape index (κ1) is 45.8. The molecular formula is C42H57N9O8. The van der Waals surface area contributed by atoms with Gasteiger partial charge in [-0.25, -0.2) is 14.6 Å². The maximum absolute atomic E-state index is 13.6. The number of nitrogen functional groups attached to an aromatic ring is 1. The number of nitrogens with two attached hydrogens (primary N) is 2. The molecule has 0 bridgehead atoms. The summed E-state index contributed by atoms with van der Waals surface area (Å²) in [5, 5.41) is 29.5. The van der Waals surface area contributed by atoms with E-state index in [-0.39, 0.29) is 55.4 Å². The summed E-state index contributed by atoms with van der Waals surface area (Å²) in [6.45, 7) is 9.84. The first-order chi connectivity index (χ1) is 27.9. The Morgan fingerprint density at radius 3 is 2.27 bits per heavy atom. The minimum atomic E-state index is -1.32. The van der Waals surface area contributed by atoms with Crippen LogP contribution in [0.2, 0.25) is 0 Å². The number of urea groups is 1. The Bertz CT molecular complexity index is 2090. The molecule has 0 aliphatic carbocycles. The van der Waals surface area contributed by atoms with Crippen molar-refractivity contribution in [3.8, 4) is 0 Å². The molecule has 1 fully saturated rings. The number of carbonyl (C=O) groups excluding carboxylic acids is 4. The van der Waals surface area contributed by atoms with E-state index in [4.69, 9.17) is 21.3 Å². The second-order valence-corrected chi connectivity index (χ2v) is 16.0. The zero-order valence-corrected chi connectivity index (χ0v) is 34.2. The number of rotatable bonds is 15. The summed E-state index contributed by atoms with van der Waals surface area (Å²) in [7, 11) is 0. The van der Waals surface area contributed by atoms with Gasteiger partial charge in [0.1, 0.15) is 23.8 Å². The first-order valence-corrected chi connectivity index (χ1v) is 19.6. The molecule has 0 saturated carbocycles. The number of pyridine rings is 1. The van der Waals surface area contributed by atoms with Crippen LogP contribution in [0.4, 0.5) is 10.6 Å². The number of fused-ring (bicyclic) bond motifs is 1. The highest BCUT2D eigenvalue weighted by Gasteiger charge is 2.32. The van der Waals surface area contributed by atoms with Gasteiger partial charge in [0.2, 0.25) is 11.8 Å². The average molecular weight is 816 g/mol. The number of nitrogens with zero attached hydrogens (tertiary/aromatic N) is 4. The number of hydrogen-bond acceptors (Lipinski definition) is 11. The molecule has 59 heavy (non-hydrogen) atoms. The van der Waals surface area contributed by atoms with Crippen molar-refractivity contribution in [2.24, 2.45) is 11.7 Å². The number of ether oxygens (including phenoxy) is 1. The molecule has 1 saturated heterocycles. The Balaban J connectivity index is 0.000000425. The van der Waals surface area contributed by atoms with Crippen LogP contribution in [0.15, 0.2) is 83.8 Å². The number of carbonyl (C=O) groups is 4. The van der Waals surface area contributed by atoms with Crippen LogP contribution < -0.4 is 33.1 Å². The fourth-order valence-electron chi connectivity index (χ4n) is 6.37. The number of aliphatic hydroxyl groups is 2. The first-order valence-electron chi connectivity index (χ1n) is 19.6. The van der Waals surface area contributed by atoms with Crippen molar-refractivity contribution in [1.82, 2.24) is 35.4 Å². The summed E-state index contributed by atoms with van der Waals surface area (Å²) in [5.41, 5.74) is 11.4. The van der Waals surface area contributed by atoms with Crippen molar-refractivity contribution in [2.45, 2.75) is 96.4 Å².